The van der Waals surface area contributed by atoms with E-state index in [2.05, 4.69) is 31.2 Å². The highest BCUT2D eigenvalue weighted by Gasteiger charge is 2.18. The molecule has 2 rings (SSSR count). The minimum absolute atomic E-state index is 0.273. The molecule has 0 aromatic heterocycles. The predicted octanol–water partition coefficient (Wildman–Crippen LogP) is 2.29. The first-order valence-corrected chi connectivity index (χ1v) is 6.13. The molecule has 1 saturated heterocycles. The number of rotatable bonds is 4. The van der Waals surface area contributed by atoms with E-state index < -0.39 is 0 Å². The molecule has 0 spiro atoms. The molecule has 16 heavy (non-hydrogen) atoms. The van der Waals surface area contributed by atoms with E-state index in [1.165, 1.54) is 17.5 Å². The highest BCUT2D eigenvalue weighted by atomic mass is 16.5. The largest absolute Gasteiger partial charge is 0.381 e. The average Bonchev–Trinajstić information content (AvgIpc) is 2.74. The Labute approximate surface area is 97.8 Å². The fourth-order valence-electron chi connectivity index (χ4n) is 2.31. The molecular formula is C14H21NO. The molecule has 0 saturated carbocycles. The van der Waals surface area contributed by atoms with Gasteiger partial charge in [0, 0.05) is 19.3 Å². The minimum atomic E-state index is 0.273. The Morgan fingerprint density at radius 3 is 2.75 bits per heavy atom. The van der Waals surface area contributed by atoms with Gasteiger partial charge in [-0.1, -0.05) is 29.8 Å². The van der Waals surface area contributed by atoms with Crippen LogP contribution in [0.1, 0.15) is 24.0 Å². The number of nitrogens with two attached hydrogens (primary N) is 1. The Hall–Kier alpha value is -0.860. The first-order valence-electron chi connectivity index (χ1n) is 6.13. The molecule has 2 nitrogen and oxygen atoms in total. The van der Waals surface area contributed by atoms with Crippen molar-refractivity contribution in [1.82, 2.24) is 0 Å². The zero-order chi connectivity index (χ0) is 11.4. The van der Waals surface area contributed by atoms with Gasteiger partial charge in [0.1, 0.15) is 0 Å². The minimum Gasteiger partial charge on any atom is -0.381 e. The van der Waals surface area contributed by atoms with E-state index in [9.17, 15) is 0 Å². The molecule has 1 aliphatic heterocycles. The van der Waals surface area contributed by atoms with Crippen molar-refractivity contribution in [3.05, 3.63) is 35.4 Å². The van der Waals surface area contributed by atoms with Crippen LogP contribution in [0.3, 0.4) is 0 Å². The van der Waals surface area contributed by atoms with Crippen LogP contribution < -0.4 is 5.73 Å². The second-order valence-electron chi connectivity index (χ2n) is 4.92. The zero-order valence-electron chi connectivity index (χ0n) is 9.99. The SMILES string of the molecule is Cc1ccc(CC(N)CC2CCOC2)cc1. The van der Waals surface area contributed by atoms with Crippen molar-refractivity contribution in [3.8, 4) is 0 Å². The fourth-order valence-corrected chi connectivity index (χ4v) is 2.31. The molecule has 1 aliphatic rings. The van der Waals surface area contributed by atoms with Crippen LogP contribution in [0.25, 0.3) is 0 Å². The van der Waals surface area contributed by atoms with Gasteiger partial charge in [-0.25, -0.2) is 0 Å². The third kappa shape index (κ3) is 3.32. The average molecular weight is 219 g/mol. The van der Waals surface area contributed by atoms with E-state index in [1.807, 2.05) is 0 Å². The van der Waals surface area contributed by atoms with Crippen LogP contribution >= 0.6 is 0 Å². The molecule has 0 bridgehead atoms. The molecule has 1 fully saturated rings. The summed E-state index contributed by atoms with van der Waals surface area (Å²) in [6.07, 6.45) is 3.26. The lowest BCUT2D eigenvalue weighted by Gasteiger charge is -2.15. The lowest BCUT2D eigenvalue weighted by molar-refractivity contribution is 0.182. The predicted molar refractivity (Wildman–Crippen MR) is 66.4 cm³/mol. The molecule has 2 unspecified atom stereocenters. The summed E-state index contributed by atoms with van der Waals surface area (Å²) < 4.78 is 5.37. The van der Waals surface area contributed by atoms with Gasteiger partial charge in [-0.05, 0) is 37.7 Å². The second-order valence-corrected chi connectivity index (χ2v) is 4.92. The summed E-state index contributed by atoms with van der Waals surface area (Å²) in [7, 11) is 0. The van der Waals surface area contributed by atoms with Crippen molar-refractivity contribution in [2.24, 2.45) is 11.7 Å². The van der Waals surface area contributed by atoms with E-state index in [4.69, 9.17) is 10.5 Å². The lowest BCUT2D eigenvalue weighted by atomic mass is 9.95. The van der Waals surface area contributed by atoms with Crippen LogP contribution in [-0.2, 0) is 11.2 Å². The first-order chi connectivity index (χ1) is 7.74. The van der Waals surface area contributed by atoms with E-state index in [0.717, 1.165) is 26.1 Å². The summed E-state index contributed by atoms with van der Waals surface area (Å²) >= 11 is 0. The number of hydrogen-bond acceptors (Lipinski definition) is 2. The molecule has 2 atom stereocenters. The van der Waals surface area contributed by atoms with Gasteiger partial charge in [0.25, 0.3) is 0 Å². The Balaban J connectivity index is 1.81. The van der Waals surface area contributed by atoms with Crippen molar-refractivity contribution in [2.45, 2.75) is 32.2 Å². The maximum atomic E-state index is 6.17. The topological polar surface area (TPSA) is 35.2 Å². The highest BCUT2D eigenvalue weighted by molar-refractivity contribution is 5.21. The molecule has 88 valence electrons. The van der Waals surface area contributed by atoms with Crippen molar-refractivity contribution in [1.29, 1.82) is 0 Å². The monoisotopic (exact) mass is 219 g/mol. The van der Waals surface area contributed by atoms with Crippen LogP contribution in [0, 0.1) is 12.8 Å². The van der Waals surface area contributed by atoms with Crippen LogP contribution in [0.5, 0.6) is 0 Å². The van der Waals surface area contributed by atoms with Gasteiger partial charge >= 0.3 is 0 Å². The smallest absolute Gasteiger partial charge is 0.0495 e. The molecular weight excluding hydrogens is 198 g/mol. The summed E-state index contributed by atoms with van der Waals surface area (Å²) in [5.74, 6) is 0.681. The van der Waals surface area contributed by atoms with Gasteiger partial charge in [0.15, 0.2) is 0 Å². The van der Waals surface area contributed by atoms with Gasteiger partial charge < -0.3 is 10.5 Å². The fraction of sp³-hybridized carbons (Fsp3) is 0.571. The Bertz CT molecular complexity index is 314. The Kier molecular flexibility index (Phi) is 3.97. The van der Waals surface area contributed by atoms with Crippen molar-refractivity contribution < 1.29 is 4.74 Å². The van der Waals surface area contributed by atoms with Crippen molar-refractivity contribution >= 4 is 0 Å². The van der Waals surface area contributed by atoms with Crippen LogP contribution in [0.2, 0.25) is 0 Å². The molecule has 0 amide bonds. The molecule has 1 aromatic carbocycles. The maximum Gasteiger partial charge on any atom is 0.0495 e. The molecule has 1 heterocycles. The van der Waals surface area contributed by atoms with Crippen LogP contribution in [0.15, 0.2) is 24.3 Å². The third-order valence-corrected chi connectivity index (χ3v) is 3.28. The third-order valence-electron chi connectivity index (χ3n) is 3.28. The van der Waals surface area contributed by atoms with Crippen molar-refractivity contribution in [3.63, 3.8) is 0 Å². The summed E-state index contributed by atoms with van der Waals surface area (Å²) in [6.45, 7) is 3.93. The molecule has 0 aliphatic carbocycles. The van der Waals surface area contributed by atoms with Crippen LogP contribution in [-0.4, -0.2) is 19.3 Å². The molecule has 0 radical (unpaired) electrons. The van der Waals surface area contributed by atoms with Crippen LogP contribution in [0.4, 0.5) is 0 Å². The number of hydrogen-bond donors (Lipinski definition) is 1. The highest BCUT2D eigenvalue weighted by Crippen LogP contribution is 2.19. The number of ether oxygens (including phenoxy) is 1. The lowest BCUT2D eigenvalue weighted by Crippen LogP contribution is -2.26. The summed E-state index contributed by atoms with van der Waals surface area (Å²) in [6, 6.07) is 8.94. The molecule has 2 N–H and O–H groups in total. The second kappa shape index (κ2) is 5.46. The first kappa shape index (κ1) is 11.6. The van der Waals surface area contributed by atoms with Crippen molar-refractivity contribution in [2.75, 3.05) is 13.2 Å². The Morgan fingerprint density at radius 1 is 1.38 bits per heavy atom. The van der Waals surface area contributed by atoms with Gasteiger partial charge in [-0.2, -0.15) is 0 Å². The summed E-state index contributed by atoms with van der Waals surface area (Å²) in [5, 5.41) is 0. The normalized spacial score (nSPS) is 22.2. The van der Waals surface area contributed by atoms with Gasteiger partial charge in [-0.15, -0.1) is 0 Å². The van der Waals surface area contributed by atoms with Gasteiger partial charge in [-0.3, -0.25) is 0 Å². The quantitative estimate of drug-likeness (QED) is 0.843. The Morgan fingerprint density at radius 2 is 2.12 bits per heavy atom. The summed E-state index contributed by atoms with van der Waals surface area (Å²) in [5.41, 5.74) is 8.82. The van der Waals surface area contributed by atoms with E-state index in [1.54, 1.807) is 0 Å². The zero-order valence-corrected chi connectivity index (χ0v) is 9.99. The van der Waals surface area contributed by atoms with E-state index in [0.29, 0.717) is 5.92 Å². The molecule has 1 aromatic rings. The van der Waals surface area contributed by atoms with Gasteiger partial charge in [0.2, 0.25) is 0 Å². The maximum absolute atomic E-state index is 6.17. The number of aryl methyl sites for hydroxylation is 1. The number of benzene rings is 1. The molecule has 2 heteroatoms. The van der Waals surface area contributed by atoms with Gasteiger partial charge in [0.05, 0.1) is 0 Å². The standard InChI is InChI=1S/C14H21NO/c1-11-2-4-12(5-3-11)8-14(15)9-13-6-7-16-10-13/h2-5,13-14H,6-10,15H2,1H3. The summed E-state index contributed by atoms with van der Waals surface area (Å²) in [4.78, 5) is 0. The van der Waals surface area contributed by atoms with E-state index >= 15 is 0 Å². The van der Waals surface area contributed by atoms with E-state index in [-0.39, 0.29) is 6.04 Å².